The highest BCUT2D eigenvalue weighted by Gasteiger charge is 2.29. The standard InChI is InChI=1S/C25H33FN2O2S2/c1-6-7-8-20-15-28(19-11-9-18(26)10-12-19)21-13-24(31-5)22(14-23(21)32-27(20)4)30-17-25(2,3)16-29/h9-14,16,20H,6-8,15,17H2,1-5H3. The number of carbonyl (C=O) groups is 1. The van der Waals surface area contributed by atoms with Crippen molar-refractivity contribution in [2.24, 2.45) is 5.41 Å². The van der Waals surface area contributed by atoms with Crippen LogP contribution in [0.15, 0.2) is 46.2 Å². The first-order valence-electron chi connectivity index (χ1n) is 11.0. The van der Waals surface area contributed by atoms with Gasteiger partial charge in [-0.3, -0.25) is 0 Å². The highest BCUT2D eigenvalue weighted by atomic mass is 32.2. The predicted molar refractivity (Wildman–Crippen MR) is 134 cm³/mol. The van der Waals surface area contributed by atoms with Crippen molar-refractivity contribution in [1.82, 2.24) is 4.31 Å². The molecule has 0 aromatic heterocycles. The third-order valence-corrected chi connectivity index (χ3v) is 7.50. The summed E-state index contributed by atoms with van der Waals surface area (Å²) in [5.74, 6) is 0.558. The maximum Gasteiger partial charge on any atom is 0.134 e. The number of thioether (sulfide) groups is 1. The Bertz CT molecular complexity index is 921. The van der Waals surface area contributed by atoms with Crippen LogP contribution in [-0.2, 0) is 4.79 Å². The minimum atomic E-state index is -0.544. The monoisotopic (exact) mass is 476 g/mol. The second kappa shape index (κ2) is 10.9. The van der Waals surface area contributed by atoms with Gasteiger partial charge in [-0.15, -0.1) is 11.8 Å². The van der Waals surface area contributed by atoms with Crippen LogP contribution in [0.2, 0.25) is 0 Å². The van der Waals surface area contributed by atoms with E-state index in [2.05, 4.69) is 35.3 Å². The molecule has 0 amide bonds. The van der Waals surface area contributed by atoms with E-state index in [0.29, 0.717) is 12.6 Å². The molecule has 1 aliphatic rings. The number of hydrogen-bond donors (Lipinski definition) is 0. The highest BCUT2D eigenvalue weighted by molar-refractivity contribution is 7.98. The number of benzene rings is 2. The largest absolute Gasteiger partial charge is 0.491 e. The van der Waals surface area contributed by atoms with E-state index in [-0.39, 0.29) is 5.82 Å². The van der Waals surface area contributed by atoms with Crippen molar-refractivity contribution >= 4 is 41.4 Å². The Morgan fingerprint density at radius 2 is 2.00 bits per heavy atom. The number of fused-ring (bicyclic) bond motifs is 1. The Hall–Kier alpha value is -1.70. The lowest BCUT2D eigenvalue weighted by Crippen LogP contribution is -2.35. The summed E-state index contributed by atoms with van der Waals surface area (Å²) in [7, 11) is 2.14. The van der Waals surface area contributed by atoms with E-state index in [1.807, 2.05) is 32.2 Å². The van der Waals surface area contributed by atoms with Crippen LogP contribution >= 0.6 is 23.7 Å². The molecular weight excluding hydrogens is 443 g/mol. The SMILES string of the molecule is CCCCC1CN(c2ccc(F)cc2)c2cc(SC)c(OCC(C)(C)C=O)cc2SN1C. The Balaban J connectivity index is 2.04. The van der Waals surface area contributed by atoms with Gasteiger partial charge in [0.05, 0.1) is 27.5 Å². The van der Waals surface area contributed by atoms with Crippen molar-refractivity contribution in [2.45, 2.75) is 55.9 Å². The molecule has 174 valence electrons. The summed E-state index contributed by atoms with van der Waals surface area (Å²) in [6.45, 7) is 7.11. The summed E-state index contributed by atoms with van der Waals surface area (Å²) >= 11 is 3.35. The van der Waals surface area contributed by atoms with Crippen molar-refractivity contribution in [3.05, 3.63) is 42.2 Å². The number of hydrogen-bond acceptors (Lipinski definition) is 6. The summed E-state index contributed by atoms with van der Waals surface area (Å²) in [5, 5.41) is 0. The average Bonchev–Trinajstić information content (AvgIpc) is 2.91. The zero-order chi connectivity index (χ0) is 23.3. The van der Waals surface area contributed by atoms with E-state index in [1.165, 1.54) is 12.1 Å². The van der Waals surface area contributed by atoms with Gasteiger partial charge in [-0.1, -0.05) is 19.8 Å². The van der Waals surface area contributed by atoms with E-state index in [9.17, 15) is 9.18 Å². The fourth-order valence-corrected chi connectivity index (χ4v) is 5.22. The van der Waals surface area contributed by atoms with Crippen LogP contribution in [0, 0.1) is 11.2 Å². The molecule has 32 heavy (non-hydrogen) atoms. The third-order valence-electron chi connectivity index (χ3n) is 5.63. The van der Waals surface area contributed by atoms with Crippen LogP contribution in [0.25, 0.3) is 0 Å². The van der Waals surface area contributed by atoms with Crippen LogP contribution in [0.4, 0.5) is 15.8 Å². The van der Waals surface area contributed by atoms with Gasteiger partial charge in [-0.2, -0.15) is 0 Å². The normalized spacial score (nSPS) is 17.1. The minimum absolute atomic E-state index is 0.232. The van der Waals surface area contributed by atoms with Gasteiger partial charge in [-0.05, 0) is 81.9 Å². The Kier molecular flexibility index (Phi) is 8.53. The summed E-state index contributed by atoms with van der Waals surface area (Å²) < 4.78 is 22.1. The molecule has 1 heterocycles. The molecular formula is C25H33FN2O2S2. The van der Waals surface area contributed by atoms with Crippen molar-refractivity contribution in [1.29, 1.82) is 0 Å². The number of likely N-dealkylation sites (N-methyl/N-ethyl adjacent to an activating group) is 1. The molecule has 0 spiro atoms. The molecule has 0 saturated carbocycles. The van der Waals surface area contributed by atoms with Crippen LogP contribution < -0.4 is 9.64 Å². The summed E-state index contributed by atoms with van der Waals surface area (Å²) in [5.41, 5.74) is 1.53. The van der Waals surface area contributed by atoms with Crippen LogP contribution in [0.5, 0.6) is 5.75 Å². The molecule has 0 fully saturated rings. The molecule has 0 aliphatic carbocycles. The smallest absolute Gasteiger partial charge is 0.134 e. The zero-order valence-corrected chi connectivity index (χ0v) is 21.2. The number of ether oxygens (including phenoxy) is 1. The maximum absolute atomic E-state index is 13.6. The number of halogens is 1. The summed E-state index contributed by atoms with van der Waals surface area (Å²) in [6.07, 6.45) is 6.37. The van der Waals surface area contributed by atoms with E-state index in [4.69, 9.17) is 4.74 Å². The predicted octanol–water partition coefficient (Wildman–Crippen LogP) is 6.80. The number of aldehydes is 1. The Morgan fingerprint density at radius 1 is 1.28 bits per heavy atom. The van der Waals surface area contributed by atoms with Crippen molar-refractivity contribution < 1.29 is 13.9 Å². The Labute approximate surface area is 200 Å². The first-order valence-corrected chi connectivity index (χ1v) is 13.0. The van der Waals surface area contributed by atoms with Crippen molar-refractivity contribution in [3.63, 3.8) is 0 Å². The number of nitrogens with zero attached hydrogens (tertiary/aromatic N) is 2. The number of unbranched alkanes of at least 4 members (excludes halogenated alkanes) is 1. The molecule has 0 saturated heterocycles. The van der Waals surface area contributed by atoms with Gasteiger partial charge in [0, 0.05) is 18.3 Å². The molecule has 7 heteroatoms. The van der Waals surface area contributed by atoms with Crippen molar-refractivity contribution in [2.75, 3.05) is 31.4 Å². The number of carbonyl (C=O) groups excluding carboxylic acids is 1. The van der Waals surface area contributed by atoms with Gasteiger partial charge in [-0.25, -0.2) is 8.70 Å². The molecule has 1 aliphatic heterocycles. The lowest BCUT2D eigenvalue weighted by Gasteiger charge is -2.30. The quantitative estimate of drug-likeness (QED) is 0.225. The first-order chi connectivity index (χ1) is 15.3. The van der Waals surface area contributed by atoms with Crippen LogP contribution in [0.3, 0.4) is 0 Å². The van der Waals surface area contributed by atoms with Crippen LogP contribution in [-0.4, -0.2) is 43.1 Å². The second-order valence-electron chi connectivity index (χ2n) is 8.89. The number of anilines is 2. The zero-order valence-electron chi connectivity index (χ0n) is 19.6. The van der Waals surface area contributed by atoms with Gasteiger partial charge in [0.15, 0.2) is 0 Å². The van der Waals surface area contributed by atoms with E-state index < -0.39 is 5.41 Å². The molecule has 1 unspecified atom stereocenters. The van der Waals surface area contributed by atoms with Gasteiger partial charge in [0.1, 0.15) is 17.9 Å². The molecule has 3 rings (SSSR count). The highest BCUT2D eigenvalue weighted by Crippen LogP contribution is 2.46. The summed E-state index contributed by atoms with van der Waals surface area (Å²) in [6, 6.07) is 11.3. The molecule has 1 atom stereocenters. The van der Waals surface area contributed by atoms with Gasteiger partial charge >= 0.3 is 0 Å². The topological polar surface area (TPSA) is 32.8 Å². The van der Waals surface area contributed by atoms with Gasteiger partial charge in [0.25, 0.3) is 0 Å². The minimum Gasteiger partial charge on any atom is -0.491 e. The van der Waals surface area contributed by atoms with Crippen molar-refractivity contribution in [3.8, 4) is 5.75 Å². The lowest BCUT2D eigenvalue weighted by atomic mass is 9.98. The molecule has 4 nitrogen and oxygen atoms in total. The van der Waals surface area contributed by atoms with E-state index >= 15 is 0 Å². The van der Waals surface area contributed by atoms with Crippen LogP contribution in [0.1, 0.15) is 40.0 Å². The second-order valence-corrected chi connectivity index (χ2v) is 10.9. The average molecular weight is 477 g/mol. The fraction of sp³-hybridized carbons (Fsp3) is 0.480. The third kappa shape index (κ3) is 6.00. The van der Waals surface area contributed by atoms with E-state index in [0.717, 1.165) is 59.0 Å². The molecule has 2 aromatic carbocycles. The first kappa shape index (κ1) is 24.9. The fourth-order valence-electron chi connectivity index (χ4n) is 3.62. The summed E-state index contributed by atoms with van der Waals surface area (Å²) in [4.78, 5) is 15.7. The molecule has 0 bridgehead atoms. The maximum atomic E-state index is 13.6. The van der Waals surface area contributed by atoms with Gasteiger partial charge in [0.2, 0.25) is 0 Å². The number of rotatable bonds is 9. The van der Waals surface area contributed by atoms with E-state index in [1.54, 1.807) is 23.7 Å². The lowest BCUT2D eigenvalue weighted by molar-refractivity contribution is -0.116. The Morgan fingerprint density at radius 3 is 2.62 bits per heavy atom. The molecule has 2 aromatic rings. The molecule has 0 N–H and O–H groups in total. The molecule has 0 radical (unpaired) electrons. The van der Waals surface area contributed by atoms with Gasteiger partial charge < -0.3 is 14.4 Å².